The number of aryl methyl sites for hydroxylation is 2. The van der Waals surface area contributed by atoms with Gasteiger partial charge in [0.2, 0.25) is 0 Å². The van der Waals surface area contributed by atoms with Crippen molar-refractivity contribution in [3.8, 4) is 0 Å². The molecule has 1 fully saturated rings. The summed E-state index contributed by atoms with van der Waals surface area (Å²) in [5.74, 6) is 0.160. The Balaban J connectivity index is 1.89. The number of ketones is 1. The van der Waals surface area contributed by atoms with E-state index in [2.05, 4.69) is 24.3 Å². The van der Waals surface area contributed by atoms with Crippen LogP contribution in [-0.2, 0) is 21.1 Å². The Morgan fingerprint density at radius 1 is 1.19 bits per heavy atom. The van der Waals surface area contributed by atoms with Gasteiger partial charge in [-0.25, -0.2) is 8.42 Å². The normalized spacial score (nSPS) is 23.0. The van der Waals surface area contributed by atoms with Crippen LogP contribution in [0.5, 0.6) is 0 Å². The molecule has 0 heterocycles. The highest BCUT2D eigenvalue weighted by molar-refractivity contribution is 7.91. The third-order valence-electron chi connectivity index (χ3n) is 4.47. The lowest BCUT2D eigenvalue weighted by Gasteiger charge is -2.27. The predicted octanol–water partition coefficient (Wildman–Crippen LogP) is 3.10. The second-order valence-electron chi connectivity index (χ2n) is 6.27. The molecule has 0 aromatic heterocycles. The van der Waals surface area contributed by atoms with Gasteiger partial charge in [0, 0.05) is 18.6 Å². The van der Waals surface area contributed by atoms with Crippen LogP contribution in [0.4, 0.5) is 0 Å². The summed E-state index contributed by atoms with van der Waals surface area (Å²) in [6.45, 7) is 2.04. The van der Waals surface area contributed by atoms with Gasteiger partial charge in [-0.2, -0.15) is 0 Å². The summed E-state index contributed by atoms with van der Waals surface area (Å²) in [6, 6.07) is 8.23. The fourth-order valence-corrected chi connectivity index (χ4v) is 4.23. The Morgan fingerprint density at radius 2 is 1.86 bits per heavy atom. The van der Waals surface area contributed by atoms with Crippen LogP contribution in [0.25, 0.3) is 0 Å². The van der Waals surface area contributed by atoms with Crippen LogP contribution in [0, 0.1) is 12.8 Å². The molecule has 0 aliphatic heterocycles. The van der Waals surface area contributed by atoms with Crippen molar-refractivity contribution in [3.05, 3.63) is 35.4 Å². The largest absolute Gasteiger partial charge is 0.299 e. The molecular formula is C17H24O3S. The third-order valence-corrected chi connectivity index (χ3v) is 6.11. The molecule has 1 aliphatic carbocycles. The standard InChI is InChI=1S/C17H24O3S/c1-13-6-8-14(9-7-13)10-11-17(18)15-4-3-5-16(12-15)21(2,19)20/h6-9,15-16H,3-5,10-12H2,1-2H3. The van der Waals surface area contributed by atoms with E-state index in [1.54, 1.807) is 0 Å². The van der Waals surface area contributed by atoms with Crippen LogP contribution in [0.15, 0.2) is 24.3 Å². The molecule has 1 aromatic rings. The Bertz CT molecular complexity index is 587. The van der Waals surface area contributed by atoms with Gasteiger partial charge in [-0.15, -0.1) is 0 Å². The van der Waals surface area contributed by atoms with Crippen molar-refractivity contribution in [1.29, 1.82) is 0 Å². The molecule has 1 saturated carbocycles. The van der Waals surface area contributed by atoms with E-state index in [9.17, 15) is 13.2 Å². The number of Topliss-reactive ketones (excluding diaryl/α,β-unsaturated/α-hetero) is 1. The number of hydrogen-bond acceptors (Lipinski definition) is 3. The minimum atomic E-state index is -3.02. The van der Waals surface area contributed by atoms with Crippen molar-refractivity contribution in [3.63, 3.8) is 0 Å². The van der Waals surface area contributed by atoms with Gasteiger partial charge in [0.05, 0.1) is 5.25 Å². The van der Waals surface area contributed by atoms with Crippen molar-refractivity contribution in [2.45, 2.75) is 50.7 Å². The summed E-state index contributed by atoms with van der Waals surface area (Å²) in [5, 5.41) is -0.320. The quantitative estimate of drug-likeness (QED) is 0.840. The number of benzene rings is 1. The third kappa shape index (κ3) is 4.67. The highest BCUT2D eigenvalue weighted by Crippen LogP contribution is 2.30. The number of rotatable bonds is 5. The first-order valence-electron chi connectivity index (χ1n) is 7.63. The van der Waals surface area contributed by atoms with E-state index in [-0.39, 0.29) is 17.0 Å². The van der Waals surface area contributed by atoms with Crippen LogP contribution in [0.2, 0.25) is 0 Å². The monoisotopic (exact) mass is 308 g/mol. The zero-order valence-corrected chi connectivity index (χ0v) is 13.7. The molecule has 0 radical (unpaired) electrons. The number of carbonyl (C=O) groups is 1. The van der Waals surface area contributed by atoms with Gasteiger partial charge in [-0.3, -0.25) is 4.79 Å². The summed E-state index contributed by atoms with van der Waals surface area (Å²) >= 11 is 0. The molecular weight excluding hydrogens is 284 g/mol. The minimum absolute atomic E-state index is 0.0658. The van der Waals surface area contributed by atoms with E-state index in [0.29, 0.717) is 19.3 Å². The van der Waals surface area contributed by atoms with Gasteiger partial charge in [-0.05, 0) is 38.2 Å². The summed E-state index contributed by atoms with van der Waals surface area (Å²) in [4.78, 5) is 12.3. The molecule has 0 saturated heterocycles. The zero-order chi connectivity index (χ0) is 15.5. The molecule has 0 amide bonds. The lowest BCUT2D eigenvalue weighted by molar-refractivity contribution is -0.123. The number of hydrogen-bond donors (Lipinski definition) is 0. The van der Waals surface area contributed by atoms with Crippen molar-refractivity contribution < 1.29 is 13.2 Å². The van der Waals surface area contributed by atoms with Crippen molar-refractivity contribution in [2.24, 2.45) is 5.92 Å². The molecule has 0 bridgehead atoms. The van der Waals surface area contributed by atoms with Gasteiger partial charge >= 0.3 is 0 Å². The van der Waals surface area contributed by atoms with E-state index in [0.717, 1.165) is 19.3 Å². The molecule has 1 aliphatic rings. The second kappa shape index (κ2) is 6.73. The Labute approximate surface area is 127 Å². The SMILES string of the molecule is Cc1ccc(CCC(=O)C2CCCC(S(C)(=O)=O)C2)cc1. The maximum Gasteiger partial charge on any atom is 0.150 e. The maximum absolute atomic E-state index is 12.3. The van der Waals surface area contributed by atoms with Crippen LogP contribution < -0.4 is 0 Å². The maximum atomic E-state index is 12.3. The Kier molecular flexibility index (Phi) is 5.20. The zero-order valence-electron chi connectivity index (χ0n) is 12.8. The first-order valence-corrected chi connectivity index (χ1v) is 9.59. The molecule has 116 valence electrons. The van der Waals surface area contributed by atoms with Crippen LogP contribution in [0.3, 0.4) is 0 Å². The highest BCUT2D eigenvalue weighted by atomic mass is 32.2. The smallest absolute Gasteiger partial charge is 0.150 e. The summed E-state index contributed by atoms with van der Waals surface area (Å²) in [5.41, 5.74) is 2.39. The van der Waals surface area contributed by atoms with Gasteiger partial charge in [0.25, 0.3) is 0 Å². The van der Waals surface area contributed by atoms with Crippen molar-refractivity contribution in [1.82, 2.24) is 0 Å². The number of sulfone groups is 1. The van der Waals surface area contributed by atoms with Gasteiger partial charge in [0.15, 0.2) is 0 Å². The molecule has 21 heavy (non-hydrogen) atoms. The lowest BCUT2D eigenvalue weighted by Crippen LogP contribution is -2.31. The molecule has 2 unspecified atom stereocenters. The lowest BCUT2D eigenvalue weighted by atomic mass is 9.84. The van der Waals surface area contributed by atoms with E-state index in [4.69, 9.17) is 0 Å². The number of carbonyl (C=O) groups excluding carboxylic acids is 1. The summed E-state index contributed by atoms with van der Waals surface area (Å²) < 4.78 is 23.3. The Hall–Kier alpha value is -1.16. The van der Waals surface area contributed by atoms with Gasteiger partial charge in [0.1, 0.15) is 15.6 Å². The molecule has 2 atom stereocenters. The summed E-state index contributed by atoms with van der Waals surface area (Å²) in [7, 11) is -3.02. The first kappa shape index (κ1) is 16.2. The molecule has 1 aromatic carbocycles. The topological polar surface area (TPSA) is 51.2 Å². The fourth-order valence-electron chi connectivity index (χ4n) is 3.05. The van der Waals surface area contributed by atoms with Gasteiger partial charge in [-0.1, -0.05) is 36.2 Å². The van der Waals surface area contributed by atoms with E-state index >= 15 is 0 Å². The van der Waals surface area contributed by atoms with Crippen LogP contribution in [0.1, 0.15) is 43.2 Å². The average Bonchev–Trinajstić information content (AvgIpc) is 2.45. The average molecular weight is 308 g/mol. The molecule has 0 N–H and O–H groups in total. The van der Waals surface area contributed by atoms with Crippen LogP contribution in [-0.4, -0.2) is 25.7 Å². The molecule has 0 spiro atoms. The molecule has 2 rings (SSSR count). The molecule has 4 heteroatoms. The summed E-state index contributed by atoms with van der Waals surface area (Å²) in [6.07, 6.45) is 5.48. The molecule has 3 nitrogen and oxygen atoms in total. The second-order valence-corrected chi connectivity index (χ2v) is 8.59. The minimum Gasteiger partial charge on any atom is -0.299 e. The van der Waals surface area contributed by atoms with Crippen molar-refractivity contribution >= 4 is 15.6 Å². The fraction of sp³-hybridized carbons (Fsp3) is 0.588. The van der Waals surface area contributed by atoms with E-state index in [1.165, 1.54) is 17.4 Å². The van der Waals surface area contributed by atoms with Crippen molar-refractivity contribution in [2.75, 3.05) is 6.26 Å². The predicted molar refractivity (Wildman–Crippen MR) is 85.1 cm³/mol. The van der Waals surface area contributed by atoms with E-state index in [1.807, 2.05) is 6.92 Å². The van der Waals surface area contributed by atoms with E-state index < -0.39 is 9.84 Å². The highest BCUT2D eigenvalue weighted by Gasteiger charge is 2.31. The van der Waals surface area contributed by atoms with Gasteiger partial charge < -0.3 is 0 Å². The Morgan fingerprint density at radius 3 is 2.48 bits per heavy atom. The first-order chi connectivity index (χ1) is 9.86. The van der Waals surface area contributed by atoms with Crippen LogP contribution >= 0.6 is 0 Å².